The van der Waals surface area contributed by atoms with Crippen LogP contribution in [0.5, 0.6) is 0 Å². The van der Waals surface area contributed by atoms with Gasteiger partial charge in [-0.05, 0) is 72.1 Å². The van der Waals surface area contributed by atoms with Crippen LogP contribution in [0.3, 0.4) is 0 Å². The van der Waals surface area contributed by atoms with Gasteiger partial charge in [-0.1, -0.05) is 60.7 Å². The summed E-state index contributed by atoms with van der Waals surface area (Å²) in [5.41, 5.74) is 10.5. The summed E-state index contributed by atoms with van der Waals surface area (Å²) in [5.74, 6) is 0. The van der Waals surface area contributed by atoms with Crippen molar-refractivity contribution in [2.45, 2.75) is 0 Å². The lowest BCUT2D eigenvalue weighted by atomic mass is 10.0. The molecule has 0 saturated carbocycles. The van der Waals surface area contributed by atoms with Gasteiger partial charge in [-0.15, -0.1) is 0 Å². The minimum atomic E-state index is 0.845. The summed E-state index contributed by atoms with van der Waals surface area (Å²) in [6, 6.07) is 45.4. The molecule has 0 aliphatic carbocycles. The Hall–Kier alpha value is -6.53. The second-order valence-corrected chi connectivity index (χ2v) is 12.1. The highest BCUT2D eigenvalue weighted by Gasteiger charge is 2.23. The van der Waals surface area contributed by atoms with E-state index < -0.39 is 0 Å². The summed E-state index contributed by atoms with van der Waals surface area (Å²) in [4.78, 5) is 14.6. The van der Waals surface area contributed by atoms with E-state index >= 15 is 0 Å². The molecule has 0 aliphatic rings. The lowest BCUT2D eigenvalue weighted by molar-refractivity contribution is 1.16. The third-order valence-corrected chi connectivity index (χ3v) is 9.72. The van der Waals surface area contributed by atoms with E-state index in [-0.39, 0.29) is 0 Å². The summed E-state index contributed by atoms with van der Waals surface area (Å²) in [7, 11) is 0. The van der Waals surface area contributed by atoms with Crippen molar-refractivity contribution in [2.75, 3.05) is 0 Å². The zero-order valence-electron chi connectivity index (χ0n) is 25.0. The molecule has 0 aliphatic heterocycles. The molecule has 0 fully saturated rings. The number of hydrogen-bond donors (Lipinski definition) is 0. The predicted octanol–water partition coefficient (Wildman–Crippen LogP) is 9.78. The topological polar surface area (TPSA) is 52.9 Å². The summed E-state index contributed by atoms with van der Waals surface area (Å²) < 4.78 is 7.00. The van der Waals surface area contributed by atoms with Crippen molar-refractivity contribution < 1.29 is 0 Å². The van der Waals surface area contributed by atoms with Crippen molar-refractivity contribution in [3.05, 3.63) is 146 Å². The van der Waals surface area contributed by atoms with Crippen LogP contribution in [0.1, 0.15) is 0 Å². The Labute approximate surface area is 267 Å². The van der Waals surface area contributed by atoms with Gasteiger partial charge in [-0.2, -0.15) is 0 Å². The van der Waals surface area contributed by atoms with Gasteiger partial charge in [0.15, 0.2) is 5.65 Å². The highest BCUT2D eigenvalue weighted by Crippen LogP contribution is 2.44. The molecule has 218 valence electrons. The Kier molecular flexibility index (Phi) is 4.75. The van der Waals surface area contributed by atoms with Crippen molar-refractivity contribution in [1.82, 2.24) is 28.5 Å². The average molecular weight is 601 g/mol. The first-order valence-corrected chi connectivity index (χ1v) is 15.8. The van der Waals surface area contributed by atoms with Crippen molar-refractivity contribution in [2.24, 2.45) is 0 Å². The molecule has 6 heteroatoms. The standard InChI is InChI=1S/C41H24N6/c1-3-10-25(11-4-1)45-33-16-8-7-14-27(33)29-22-30-37(23-36(29)45)46(26-12-5-2-6-13-26)35-18-17-28-31-24-42-21-19-34(31)47-40-32(15-9-20-43-40)44-41(47)39(28)38(30)35/h1-24H. The molecule has 0 atom stereocenters. The predicted molar refractivity (Wildman–Crippen MR) is 192 cm³/mol. The van der Waals surface area contributed by atoms with Crippen LogP contribution in [-0.4, -0.2) is 28.5 Å². The number of aromatic nitrogens is 6. The fraction of sp³-hybridized carbons (Fsp3) is 0. The zero-order chi connectivity index (χ0) is 30.6. The summed E-state index contributed by atoms with van der Waals surface area (Å²) >= 11 is 0. The summed E-state index contributed by atoms with van der Waals surface area (Å²) in [6.07, 6.45) is 5.66. The van der Waals surface area contributed by atoms with Gasteiger partial charge < -0.3 is 9.13 Å². The van der Waals surface area contributed by atoms with Crippen LogP contribution in [0.25, 0.3) is 93.5 Å². The Morgan fingerprint density at radius 1 is 0.426 bits per heavy atom. The van der Waals surface area contributed by atoms with E-state index in [1.54, 1.807) is 0 Å². The highest BCUT2D eigenvalue weighted by atomic mass is 15.1. The van der Waals surface area contributed by atoms with Crippen LogP contribution < -0.4 is 0 Å². The molecule has 11 aromatic rings. The third kappa shape index (κ3) is 3.21. The van der Waals surface area contributed by atoms with E-state index in [1.807, 2.05) is 30.7 Å². The maximum absolute atomic E-state index is 5.26. The molecule has 47 heavy (non-hydrogen) atoms. The van der Waals surface area contributed by atoms with E-state index in [0.717, 1.165) is 60.9 Å². The molecule has 0 unspecified atom stereocenters. The van der Waals surface area contributed by atoms with Gasteiger partial charge in [-0.3, -0.25) is 9.38 Å². The van der Waals surface area contributed by atoms with Gasteiger partial charge in [0.1, 0.15) is 11.2 Å². The van der Waals surface area contributed by atoms with E-state index in [2.05, 4.69) is 134 Å². The number of benzene rings is 5. The number of imidazole rings is 1. The second-order valence-electron chi connectivity index (χ2n) is 12.1. The fourth-order valence-electron chi connectivity index (χ4n) is 7.83. The summed E-state index contributed by atoms with van der Waals surface area (Å²) in [5, 5.41) is 8.10. The van der Waals surface area contributed by atoms with Crippen LogP contribution in [0, 0.1) is 0 Å². The van der Waals surface area contributed by atoms with Gasteiger partial charge in [0.25, 0.3) is 0 Å². The van der Waals surface area contributed by atoms with E-state index in [1.165, 1.54) is 32.6 Å². The minimum absolute atomic E-state index is 0.845. The maximum Gasteiger partial charge on any atom is 0.164 e. The molecule has 0 radical (unpaired) electrons. The molecule has 0 N–H and O–H groups in total. The number of rotatable bonds is 2. The van der Waals surface area contributed by atoms with Crippen LogP contribution in [0.2, 0.25) is 0 Å². The molecule has 6 heterocycles. The van der Waals surface area contributed by atoms with Crippen LogP contribution in [-0.2, 0) is 0 Å². The van der Waals surface area contributed by atoms with Crippen molar-refractivity contribution in [3.8, 4) is 11.4 Å². The normalized spacial score (nSPS) is 12.3. The number of nitrogens with zero attached hydrogens (tertiary/aromatic N) is 6. The first-order chi connectivity index (χ1) is 23.3. The second kappa shape index (κ2) is 9.02. The number of hydrogen-bond acceptors (Lipinski definition) is 3. The summed E-state index contributed by atoms with van der Waals surface area (Å²) in [6.45, 7) is 0. The molecule has 0 amide bonds. The number of pyridine rings is 3. The average Bonchev–Trinajstić information content (AvgIpc) is 3.79. The van der Waals surface area contributed by atoms with Crippen LogP contribution >= 0.6 is 0 Å². The largest absolute Gasteiger partial charge is 0.309 e. The Morgan fingerprint density at radius 3 is 2.00 bits per heavy atom. The number of fused-ring (bicyclic) bond motifs is 15. The molecule has 0 spiro atoms. The zero-order valence-corrected chi connectivity index (χ0v) is 25.0. The van der Waals surface area contributed by atoms with Gasteiger partial charge in [0.2, 0.25) is 0 Å². The van der Waals surface area contributed by atoms with Crippen molar-refractivity contribution >= 4 is 82.1 Å². The van der Waals surface area contributed by atoms with Gasteiger partial charge >= 0.3 is 0 Å². The van der Waals surface area contributed by atoms with E-state index in [0.29, 0.717) is 0 Å². The first-order valence-electron chi connectivity index (χ1n) is 15.8. The van der Waals surface area contributed by atoms with Gasteiger partial charge in [-0.25, -0.2) is 9.97 Å². The number of para-hydroxylation sites is 3. The smallest absolute Gasteiger partial charge is 0.164 e. The molecule has 6 aromatic heterocycles. The van der Waals surface area contributed by atoms with E-state index in [9.17, 15) is 0 Å². The quantitative estimate of drug-likeness (QED) is 0.186. The fourth-order valence-corrected chi connectivity index (χ4v) is 7.83. The SMILES string of the molecule is c1ccc(-n2c3ccccc3c3cc4c5c6c(ccc5n(-c5ccccc5)c4cc32)c2cnccc2n2c3ncccc3nc62)cc1. The van der Waals surface area contributed by atoms with Crippen molar-refractivity contribution in [1.29, 1.82) is 0 Å². The Morgan fingerprint density at radius 2 is 1.17 bits per heavy atom. The van der Waals surface area contributed by atoms with E-state index in [4.69, 9.17) is 9.97 Å². The highest BCUT2D eigenvalue weighted by molar-refractivity contribution is 6.31. The van der Waals surface area contributed by atoms with Crippen molar-refractivity contribution in [3.63, 3.8) is 0 Å². The van der Waals surface area contributed by atoms with Gasteiger partial charge in [0, 0.05) is 62.3 Å². The molecular weight excluding hydrogens is 576 g/mol. The first kappa shape index (κ1) is 24.8. The third-order valence-electron chi connectivity index (χ3n) is 9.72. The van der Waals surface area contributed by atoms with Crippen LogP contribution in [0.4, 0.5) is 0 Å². The molecule has 6 nitrogen and oxygen atoms in total. The maximum atomic E-state index is 5.26. The molecule has 0 saturated heterocycles. The lowest BCUT2D eigenvalue weighted by Crippen LogP contribution is -1.96. The Bertz CT molecular complexity index is 3060. The van der Waals surface area contributed by atoms with Gasteiger partial charge in [0.05, 0.1) is 27.6 Å². The molecule has 11 rings (SSSR count). The lowest BCUT2D eigenvalue weighted by Gasteiger charge is -2.11. The Balaban J connectivity index is 1.43. The monoisotopic (exact) mass is 600 g/mol. The van der Waals surface area contributed by atoms with Crippen LogP contribution in [0.15, 0.2) is 146 Å². The molecule has 0 bridgehead atoms. The molecular formula is C41H24N6. The minimum Gasteiger partial charge on any atom is -0.309 e. The molecule has 5 aromatic carbocycles.